The minimum atomic E-state index is -0.423. The Kier molecular flexibility index (Phi) is 8.65. The Morgan fingerprint density at radius 2 is 2.09 bits per heavy atom. The van der Waals surface area contributed by atoms with E-state index in [-0.39, 0.29) is 11.6 Å². The molecule has 0 heterocycles. The van der Waals surface area contributed by atoms with Crippen molar-refractivity contribution in [3.63, 3.8) is 0 Å². The quantitative estimate of drug-likeness (QED) is 0.296. The van der Waals surface area contributed by atoms with Crippen LogP contribution in [0.1, 0.15) is 37.6 Å². The van der Waals surface area contributed by atoms with Crippen LogP contribution in [0, 0.1) is 16.0 Å². The molecular weight excluding hydrogens is 314 g/mol. The van der Waals surface area contributed by atoms with E-state index in [1.165, 1.54) is 17.8 Å². The van der Waals surface area contributed by atoms with Crippen LogP contribution in [-0.2, 0) is 0 Å². The lowest BCUT2D eigenvalue weighted by molar-refractivity contribution is -0.387. The molecular formula is C16H25N3O3S. The third kappa shape index (κ3) is 7.00. The first-order chi connectivity index (χ1) is 11.0. The van der Waals surface area contributed by atoms with Crippen molar-refractivity contribution in [2.75, 3.05) is 25.4 Å². The highest BCUT2D eigenvalue weighted by atomic mass is 32.2. The van der Waals surface area contributed by atoms with Gasteiger partial charge in [-0.2, -0.15) is 0 Å². The SMILES string of the molecule is CCNCCNC(=O)c1ccc(SCCC(C)C)c([N+](=O)[O-])c1. The number of hydrogen-bond donors (Lipinski definition) is 2. The molecule has 0 unspecified atom stereocenters. The first kappa shape index (κ1) is 19.4. The highest BCUT2D eigenvalue weighted by Gasteiger charge is 2.17. The van der Waals surface area contributed by atoms with Gasteiger partial charge in [-0.15, -0.1) is 11.8 Å². The lowest BCUT2D eigenvalue weighted by Crippen LogP contribution is -2.31. The topological polar surface area (TPSA) is 84.3 Å². The maximum atomic E-state index is 12.0. The van der Waals surface area contributed by atoms with Gasteiger partial charge in [-0.05, 0) is 36.8 Å². The molecule has 0 aromatic heterocycles. The smallest absolute Gasteiger partial charge is 0.283 e. The van der Waals surface area contributed by atoms with E-state index in [2.05, 4.69) is 24.5 Å². The van der Waals surface area contributed by atoms with Crippen LogP contribution >= 0.6 is 11.8 Å². The van der Waals surface area contributed by atoms with Gasteiger partial charge in [0.25, 0.3) is 11.6 Å². The van der Waals surface area contributed by atoms with Crippen LogP contribution in [0.4, 0.5) is 5.69 Å². The summed E-state index contributed by atoms with van der Waals surface area (Å²) in [6.45, 7) is 8.23. The maximum Gasteiger partial charge on any atom is 0.283 e. The van der Waals surface area contributed by atoms with Crippen LogP contribution in [0.15, 0.2) is 23.1 Å². The van der Waals surface area contributed by atoms with Gasteiger partial charge < -0.3 is 10.6 Å². The van der Waals surface area contributed by atoms with Crippen molar-refractivity contribution in [2.45, 2.75) is 32.1 Å². The molecule has 1 amide bonds. The van der Waals surface area contributed by atoms with Crippen molar-refractivity contribution >= 4 is 23.4 Å². The summed E-state index contributed by atoms with van der Waals surface area (Å²) in [5.41, 5.74) is 0.319. The molecule has 0 fully saturated rings. The normalized spacial score (nSPS) is 10.8. The fourth-order valence-electron chi connectivity index (χ4n) is 1.87. The summed E-state index contributed by atoms with van der Waals surface area (Å²) < 4.78 is 0. The number of benzene rings is 1. The summed E-state index contributed by atoms with van der Waals surface area (Å²) in [5, 5.41) is 17.1. The molecule has 0 radical (unpaired) electrons. The predicted octanol–water partition coefficient (Wildman–Crippen LogP) is 3.07. The van der Waals surface area contributed by atoms with Gasteiger partial charge in [-0.25, -0.2) is 0 Å². The Morgan fingerprint density at radius 1 is 1.35 bits per heavy atom. The summed E-state index contributed by atoms with van der Waals surface area (Å²) in [6.07, 6.45) is 0.995. The highest BCUT2D eigenvalue weighted by Crippen LogP contribution is 2.31. The molecule has 6 nitrogen and oxygen atoms in total. The first-order valence-electron chi connectivity index (χ1n) is 7.85. The molecule has 2 N–H and O–H groups in total. The van der Waals surface area contributed by atoms with E-state index in [0.29, 0.717) is 29.5 Å². The number of nitrogens with zero attached hydrogens (tertiary/aromatic N) is 1. The van der Waals surface area contributed by atoms with Gasteiger partial charge in [0.2, 0.25) is 0 Å². The zero-order valence-corrected chi connectivity index (χ0v) is 14.7. The van der Waals surface area contributed by atoms with Crippen LogP contribution in [0.2, 0.25) is 0 Å². The molecule has 1 aromatic carbocycles. The fourth-order valence-corrected chi connectivity index (χ4v) is 3.13. The van der Waals surface area contributed by atoms with Crippen molar-refractivity contribution in [1.29, 1.82) is 0 Å². The van der Waals surface area contributed by atoms with Crippen molar-refractivity contribution in [3.05, 3.63) is 33.9 Å². The number of nitrogens with one attached hydrogen (secondary N) is 2. The van der Waals surface area contributed by atoms with E-state index in [1.807, 2.05) is 6.92 Å². The van der Waals surface area contributed by atoms with Crippen molar-refractivity contribution in [2.24, 2.45) is 5.92 Å². The lowest BCUT2D eigenvalue weighted by Gasteiger charge is -2.08. The molecule has 1 aromatic rings. The van der Waals surface area contributed by atoms with Gasteiger partial charge in [0.15, 0.2) is 0 Å². The molecule has 0 saturated heterocycles. The summed E-state index contributed by atoms with van der Waals surface area (Å²) in [5.74, 6) is 1.10. The van der Waals surface area contributed by atoms with Gasteiger partial charge in [-0.1, -0.05) is 20.8 Å². The molecule has 0 atom stereocenters. The van der Waals surface area contributed by atoms with E-state index in [4.69, 9.17) is 0 Å². The average Bonchev–Trinajstić information content (AvgIpc) is 2.51. The average molecular weight is 339 g/mol. The Labute approximate surface area is 141 Å². The monoisotopic (exact) mass is 339 g/mol. The third-order valence-electron chi connectivity index (χ3n) is 3.21. The van der Waals surface area contributed by atoms with Crippen LogP contribution in [0.3, 0.4) is 0 Å². The number of thioether (sulfide) groups is 1. The lowest BCUT2D eigenvalue weighted by atomic mass is 10.2. The van der Waals surface area contributed by atoms with Gasteiger partial charge in [0.1, 0.15) is 0 Å². The number of hydrogen-bond acceptors (Lipinski definition) is 5. The fraction of sp³-hybridized carbons (Fsp3) is 0.562. The summed E-state index contributed by atoms with van der Waals surface area (Å²) in [7, 11) is 0. The molecule has 128 valence electrons. The summed E-state index contributed by atoms with van der Waals surface area (Å²) in [4.78, 5) is 23.5. The number of nitro groups is 1. The molecule has 0 bridgehead atoms. The Morgan fingerprint density at radius 3 is 2.70 bits per heavy atom. The highest BCUT2D eigenvalue weighted by molar-refractivity contribution is 7.99. The standard InChI is InChI=1S/C16H25N3O3S/c1-4-17-8-9-18-16(20)13-5-6-15(14(11-13)19(21)22)23-10-7-12(2)3/h5-6,11-12,17H,4,7-10H2,1-3H3,(H,18,20). The Hall–Kier alpha value is -1.60. The molecule has 1 rings (SSSR count). The van der Waals surface area contributed by atoms with Gasteiger partial charge in [-0.3, -0.25) is 14.9 Å². The molecule has 0 aliphatic carbocycles. The van der Waals surface area contributed by atoms with Crippen molar-refractivity contribution in [1.82, 2.24) is 10.6 Å². The summed E-state index contributed by atoms with van der Waals surface area (Å²) >= 11 is 1.47. The van der Waals surface area contributed by atoms with E-state index >= 15 is 0 Å². The zero-order valence-electron chi connectivity index (χ0n) is 13.9. The minimum absolute atomic E-state index is 0.00177. The van der Waals surface area contributed by atoms with E-state index in [9.17, 15) is 14.9 Å². The van der Waals surface area contributed by atoms with Gasteiger partial charge in [0, 0.05) is 24.7 Å². The molecule has 23 heavy (non-hydrogen) atoms. The van der Waals surface area contributed by atoms with E-state index < -0.39 is 4.92 Å². The van der Waals surface area contributed by atoms with Crippen LogP contribution < -0.4 is 10.6 Å². The number of carbonyl (C=O) groups excluding carboxylic acids is 1. The predicted molar refractivity (Wildman–Crippen MR) is 94.2 cm³/mol. The molecule has 0 spiro atoms. The zero-order chi connectivity index (χ0) is 17.2. The largest absolute Gasteiger partial charge is 0.351 e. The summed E-state index contributed by atoms with van der Waals surface area (Å²) in [6, 6.07) is 4.68. The molecule has 7 heteroatoms. The Bertz CT molecular complexity index is 535. The second-order valence-corrected chi connectivity index (χ2v) is 6.72. The molecule has 0 saturated carbocycles. The van der Waals surface area contributed by atoms with Gasteiger partial charge >= 0.3 is 0 Å². The van der Waals surface area contributed by atoms with E-state index in [1.54, 1.807) is 12.1 Å². The van der Waals surface area contributed by atoms with Crippen LogP contribution in [-0.4, -0.2) is 36.2 Å². The maximum absolute atomic E-state index is 12.0. The van der Waals surface area contributed by atoms with Gasteiger partial charge in [0.05, 0.1) is 9.82 Å². The van der Waals surface area contributed by atoms with Crippen molar-refractivity contribution in [3.8, 4) is 0 Å². The number of nitro benzene ring substituents is 1. The van der Waals surface area contributed by atoms with Crippen LogP contribution in [0.5, 0.6) is 0 Å². The second-order valence-electron chi connectivity index (χ2n) is 5.58. The number of amides is 1. The van der Waals surface area contributed by atoms with Crippen molar-refractivity contribution < 1.29 is 9.72 Å². The van der Waals surface area contributed by atoms with Crippen LogP contribution in [0.25, 0.3) is 0 Å². The number of likely N-dealkylation sites (N-methyl/N-ethyl adjacent to an activating group) is 1. The molecule has 0 aliphatic rings. The minimum Gasteiger partial charge on any atom is -0.351 e. The first-order valence-corrected chi connectivity index (χ1v) is 8.84. The number of rotatable bonds is 10. The van der Waals surface area contributed by atoms with E-state index in [0.717, 1.165) is 18.7 Å². The Balaban J connectivity index is 2.74. The molecule has 0 aliphatic heterocycles. The number of carbonyl (C=O) groups is 1. The second kappa shape index (κ2) is 10.2. The third-order valence-corrected chi connectivity index (χ3v) is 4.30.